The van der Waals surface area contributed by atoms with Crippen LogP contribution in [0.4, 0.5) is 0 Å². The molecular weight excluding hydrogens is 228 g/mol. The molecule has 1 aromatic heterocycles. The summed E-state index contributed by atoms with van der Waals surface area (Å²) in [7, 11) is 0. The molecule has 84 valence electrons. The summed E-state index contributed by atoms with van der Waals surface area (Å²) in [4.78, 5) is 18.2. The summed E-state index contributed by atoms with van der Waals surface area (Å²) >= 11 is 0.899. The standard InChI is InChI=1S/C9H10N4O2S/c10-13-7(14)8(15)16-9-11-5-3-1-2-4-6(5)12-9/h1-4,8,15H,10H2,(H,11,12)(H,13,14). The molecule has 0 saturated carbocycles. The van der Waals surface area contributed by atoms with Gasteiger partial charge in [-0.15, -0.1) is 0 Å². The van der Waals surface area contributed by atoms with Crippen LogP contribution in [-0.2, 0) is 4.79 Å². The number of nitrogens with one attached hydrogen (secondary N) is 2. The van der Waals surface area contributed by atoms with Crippen molar-refractivity contribution in [2.24, 2.45) is 5.84 Å². The van der Waals surface area contributed by atoms with E-state index >= 15 is 0 Å². The Hall–Kier alpha value is -1.57. The van der Waals surface area contributed by atoms with Gasteiger partial charge in [-0.3, -0.25) is 10.2 Å². The number of aromatic amines is 1. The lowest BCUT2D eigenvalue weighted by Crippen LogP contribution is -2.37. The Morgan fingerprint density at radius 1 is 1.56 bits per heavy atom. The van der Waals surface area contributed by atoms with E-state index in [4.69, 9.17) is 5.84 Å². The van der Waals surface area contributed by atoms with Gasteiger partial charge in [0.15, 0.2) is 10.6 Å². The van der Waals surface area contributed by atoms with Crippen LogP contribution in [0.3, 0.4) is 0 Å². The molecule has 0 radical (unpaired) electrons. The summed E-state index contributed by atoms with van der Waals surface area (Å²) in [5.74, 6) is 4.24. The smallest absolute Gasteiger partial charge is 0.273 e. The van der Waals surface area contributed by atoms with Gasteiger partial charge in [0.1, 0.15) is 0 Å². The van der Waals surface area contributed by atoms with Crippen molar-refractivity contribution in [2.45, 2.75) is 10.6 Å². The number of H-pyrrole nitrogens is 1. The van der Waals surface area contributed by atoms with Crippen molar-refractivity contribution in [3.8, 4) is 0 Å². The van der Waals surface area contributed by atoms with Crippen molar-refractivity contribution in [1.82, 2.24) is 15.4 Å². The molecule has 0 aliphatic carbocycles. The molecule has 1 amide bonds. The highest BCUT2D eigenvalue weighted by molar-refractivity contribution is 8.00. The maximum Gasteiger partial charge on any atom is 0.273 e. The molecule has 6 nitrogen and oxygen atoms in total. The number of nitrogens with zero attached hydrogens (tertiary/aromatic N) is 1. The van der Waals surface area contributed by atoms with Gasteiger partial charge < -0.3 is 10.1 Å². The molecular formula is C9H10N4O2S. The lowest BCUT2D eigenvalue weighted by Gasteiger charge is -2.04. The molecule has 1 aromatic carbocycles. The number of benzene rings is 1. The number of amides is 1. The first-order valence-corrected chi connectivity index (χ1v) is 5.38. The molecule has 0 saturated heterocycles. The van der Waals surface area contributed by atoms with E-state index in [9.17, 15) is 9.90 Å². The third-order valence-corrected chi connectivity index (χ3v) is 2.81. The predicted octanol–water partition coefficient (Wildman–Crippen LogP) is -0.0367. The average Bonchev–Trinajstić information content (AvgIpc) is 2.69. The number of aliphatic hydroxyl groups excluding tert-OH is 1. The average molecular weight is 238 g/mol. The number of hydrazine groups is 1. The van der Waals surface area contributed by atoms with Crippen molar-refractivity contribution >= 4 is 28.7 Å². The number of hydrogen-bond donors (Lipinski definition) is 4. The summed E-state index contributed by atoms with van der Waals surface area (Å²) in [5.41, 5.74) is 2.23. The third-order valence-electron chi connectivity index (χ3n) is 1.96. The van der Waals surface area contributed by atoms with E-state index < -0.39 is 11.3 Å². The van der Waals surface area contributed by atoms with E-state index in [2.05, 4.69) is 9.97 Å². The van der Waals surface area contributed by atoms with Gasteiger partial charge in [0.2, 0.25) is 0 Å². The van der Waals surface area contributed by atoms with Gasteiger partial charge in [-0.1, -0.05) is 12.1 Å². The van der Waals surface area contributed by atoms with Gasteiger partial charge in [-0.2, -0.15) is 0 Å². The number of imidazole rings is 1. The van der Waals surface area contributed by atoms with Gasteiger partial charge in [-0.05, 0) is 23.9 Å². The minimum Gasteiger partial charge on any atom is -0.373 e. The normalized spacial score (nSPS) is 12.6. The summed E-state index contributed by atoms with van der Waals surface area (Å²) in [6.07, 6.45) is 0. The highest BCUT2D eigenvalue weighted by Crippen LogP contribution is 2.21. The summed E-state index contributed by atoms with van der Waals surface area (Å²) in [6.45, 7) is 0. The lowest BCUT2D eigenvalue weighted by atomic mass is 10.3. The maximum absolute atomic E-state index is 11.0. The zero-order valence-electron chi connectivity index (χ0n) is 8.18. The molecule has 16 heavy (non-hydrogen) atoms. The van der Waals surface area contributed by atoms with Gasteiger partial charge in [0.25, 0.3) is 5.91 Å². The molecule has 0 fully saturated rings. The third kappa shape index (κ3) is 2.16. The number of fused-ring (bicyclic) bond motifs is 1. The lowest BCUT2D eigenvalue weighted by molar-refractivity contribution is -0.125. The van der Waals surface area contributed by atoms with E-state index in [1.807, 2.05) is 29.7 Å². The summed E-state index contributed by atoms with van der Waals surface area (Å²) in [5, 5.41) is 9.88. The Kier molecular flexibility index (Phi) is 3.09. The van der Waals surface area contributed by atoms with Crippen molar-refractivity contribution in [3.63, 3.8) is 0 Å². The largest absolute Gasteiger partial charge is 0.373 e. The molecule has 1 atom stereocenters. The topological polar surface area (TPSA) is 104 Å². The Morgan fingerprint density at radius 2 is 2.31 bits per heavy atom. The van der Waals surface area contributed by atoms with Crippen LogP contribution < -0.4 is 11.3 Å². The van der Waals surface area contributed by atoms with Crippen LogP contribution in [0.25, 0.3) is 11.0 Å². The number of aromatic nitrogens is 2. The summed E-state index contributed by atoms with van der Waals surface area (Å²) < 4.78 is 0. The molecule has 0 bridgehead atoms. The second-order valence-electron chi connectivity index (χ2n) is 3.04. The molecule has 1 heterocycles. The van der Waals surface area contributed by atoms with E-state index in [1.54, 1.807) is 0 Å². The zero-order valence-corrected chi connectivity index (χ0v) is 8.99. The molecule has 7 heteroatoms. The van der Waals surface area contributed by atoms with Crippen LogP contribution in [0.15, 0.2) is 29.4 Å². The van der Waals surface area contributed by atoms with Crippen molar-refractivity contribution < 1.29 is 9.90 Å². The molecule has 2 rings (SSSR count). The number of hydrogen-bond acceptors (Lipinski definition) is 5. The van der Waals surface area contributed by atoms with Gasteiger partial charge in [0, 0.05) is 0 Å². The molecule has 1 unspecified atom stereocenters. The number of carbonyl (C=O) groups is 1. The number of thioether (sulfide) groups is 1. The van der Waals surface area contributed by atoms with Crippen LogP contribution in [0.1, 0.15) is 0 Å². The minimum absolute atomic E-state index is 0.470. The van der Waals surface area contributed by atoms with Crippen LogP contribution in [0.2, 0.25) is 0 Å². The highest BCUT2D eigenvalue weighted by Gasteiger charge is 2.17. The fourth-order valence-electron chi connectivity index (χ4n) is 1.22. The van der Waals surface area contributed by atoms with E-state index in [1.165, 1.54) is 0 Å². The monoisotopic (exact) mass is 238 g/mol. The van der Waals surface area contributed by atoms with Gasteiger partial charge >= 0.3 is 0 Å². The number of nitrogens with two attached hydrogens (primary N) is 1. The predicted molar refractivity (Wildman–Crippen MR) is 60.3 cm³/mol. The quantitative estimate of drug-likeness (QED) is 0.197. The van der Waals surface area contributed by atoms with Crippen molar-refractivity contribution in [2.75, 3.05) is 0 Å². The summed E-state index contributed by atoms with van der Waals surface area (Å²) in [6, 6.07) is 7.44. The van der Waals surface area contributed by atoms with Crippen LogP contribution in [-0.4, -0.2) is 26.4 Å². The first-order valence-electron chi connectivity index (χ1n) is 4.50. The molecule has 0 spiro atoms. The van der Waals surface area contributed by atoms with Crippen molar-refractivity contribution in [1.29, 1.82) is 0 Å². The Labute approximate surface area is 95.2 Å². The highest BCUT2D eigenvalue weighted by atomic mass is 32.2. The fourth-order valence-corrected chi connectivity index (χ4v) is 1.92. The second-order valence-corrected chi connectivity index (χ2v) is 4.11. The van der Waals surface area contributed by atoms with Crippen LogP contribution in [0.5, 0.6) is 0 Å². The maximum atomic E-state index is 11.0. The molecule has 0 aliphatic heterocycles. The zero-order chi connectivity index (χ0) is 11.5. The first kappa shape index (κ1) is 10.9. The molecule has 2 aromatic rings. The van der Waals surface area contributed by atoms with Crippen molar-refractivity contribution in [3.05, 3.63) is 24.3 Å². The van der Waals surface area contributed by atoms with Gasteiger partial charge in [0.05, 0.1) is 11.0 Å². The number of rotatable bonds is 3. The Bertz CT molecular complexity index is 480. The van der Waals surface area contributed by atoms with Crippen LogP contribution >= 0.6 is 11.8 Å². The minimum atomic E-state index is -1.27. The molecule has 0 aliphatic rings. The number of aliphatic hydroxyl groups is 1. The first-order chi connectivity index (χ1) is 7.70. The second kappa shape index (κ2) is 4.52. The Balaban J connectivity index is 2.18. The number of para-hydroxylation sites is 2. The van der Waals surface area contributed by atoms with E-state index in [0.717, 1.165) is 22.8 Å². The SMILES string of the molecule is NNC(=O)C(O)Sc1nc2ccccc2[nH]1. The number of carbonyl (C=O) groups excluding carboxylic acids is 1. The van der Waals surface area contributed by atoms with E-state index in [0.29, 0.717) is 5.16 Å². The molecule has 5 N–H and O–H groups in total. The fraction of sp³-hybridized carbons (Fsp3) is 0.111. The van der Waals surface area contributed by atoms with Crippen LogP contribution in [0, 0.1) is 0 Å². The van der Waals surface area contributed by atoms with Gasteiger partial charge in [-0.25, -0.2) is 10.8 Å². The Morgan fingerprint density at radius 3 is 3.00 bits per heavy atom. The van der Waals surface area contributed by atoms with E-state index in [-0.39, 0.29) is 0 Å².